The Morgan fingerprint density at radius 3 is 1.11 bits per heavy atom. The van der Waals surface area contributed by atoms with Gasteiger partial charge in [-0.1, -0.05) is 42.2 Å². The molecule has 117 heavy (non-hydrogen) atoms. The number of nitro groups is 3. The van der Waals surface area contributed by atoms with Crippen molar-refractivity contribution >= 4 is 162 Å². The number of nitro benzene ring substituents is 3. The Labute approximate surface area is 782 Å². The molecule has 0 unspecified atom stereocenters. The maximum atomic E-state index is 12.1. The number of rotatable bonds is 16. The van der Waals surface area contributed by atoms with Crippen molar-refractivity contribution in [1.82, 2.24) is 9.97 Å². The summed E-state index contributed by atoms with van der Waals surface area (Å²) in [5.74, 6) is 4.83. The third-order valence-electron chi connectivity index (χ3n) is 17.2. The SMILES string of the molecule is C.Nc1ccc(Cl)cc1[N+](=O)[O-].Nc1ccc(Oc2ccc(N3CCCCC3=O)cc2)cc1[N+](=O)[O-].Nc1ccc(Oc2ccc(N3CCCCC3=O)cc2)cc1[N+](=O)[O-].O=C1CCCCN1c1ccc(O)cc1.O=C1CCCCN1c1ccc(Oc2ccc3nc(-c4ccc(Cl)s4)[nH]c3c2)cc1.O=CO[O-].O=Cc1ccc(Cl)s1.[H-].[HH].[K+].[K+]. The second-order valence-electron chi connectivity index (χ2n) is 25.1. The summed E-state index contributed by atoms with van der Waals surface area (Å²) in [6.07, 6.45) is 11.2. The van der Waals surface area contributed by atoms with Gasteiger partial charge in [0, 0.05) is 93.2 Å². The molecule has 30 nitrogen and oxygen atoms in total. The maximum absolute atomic E-state index is 12.1. The van der Waals surface area contributed by atoms with Gasteiger partial charge in [0.1, 0.15) is 63.1 Å². The number of nitrogens with zero attached hydrogens (tertiary/aromatic N) is 8. The molecule has 0 spiro atoms. The standard InChI is InChI=1S/C22H18ClN3O2S.2C17H17N3O4.C11H13NO2.C6H5ClN2O2.C5H3ClOS.CH2O3.CH4.2K.H2.H/c23-20-11-10-19(29-20)22-24-17-9-8-16(13-18(17)25-22)28-15-6-4-14(5-7-15)26-12-2-1-3-21(26)27;2*18-15-9-8-14(11-16(15)20(22)23)24-13-6-4-12(5-7-13)19-10-2-1-3-17(19)21;13-10-6-4-9(5-7-10)12-8-2-1-3-11(12)14;7-4-1-2-5(8)6(3-4)9(10)11;6-5-2-1-4(3-7)8-5;2-1-4-3;;;;;/h4-11,13H,1-3,12H2,(H,24,25);2*4-9,11H,1-3,10,18H2;4-7,13H,1-3,8H2;1-3H,8H2;1-3H;1,3H;1H4;;;1H;/q;;;;;;;;2*+1;;-1/p-1. The van der Waals surface area contributed by atoms with Gasteiger partial charge >= 0.3 is 103 Å². The first-order valence-electron chi connectivity index (χ1n) is 35.2. The Morgan fingerprint density at radius 2 is 0.795 bits per heavy atom. The first-order valence-corrected chi connectivity index (χ1v) is 37.9. The molecule has 4 fully saturated rings. The average Bonchev–Trinajstić information content (AvgIpc) is 1.70. The summed E-state index contributed by atoms with van der Waals surface area (Å²) in [5, 5.41) is 49.9. The smallest absolute Gasteiger partial charge is 1.00 e. The van der Waals surface area contributed by atoms with E-state index in [0.717, 1.165) is 144 Å². The number of phenolic OH excluding ortho intramolecular Hbond substituents is 1. The zero-order valence-corrected chi connectivity index (χ0v) is 72.7. The van der Waals surface area contributed by atoms with Crippen molar-refractivity contribution in [2.75, 3.05) is 63.0 Å². The molecule has 0 atom stereocenters. The molecule has 0 saturated carbocycles. The van der Waals surface area contributed by atoms with E-state index in [-0.39, 0.29) is 183 Å². The number of imidazole rings is 1. The summed E-state index contributed by atoms with van der Waals surface area (Å²) in [7, 11) is 0. The van der Waals surface area contributed by atoms with Crippen molar-refractivity contribution in [2.24, 2.45) is 0 Å². The molecule has 15 rings (SSSR count). The summed E-state index contributed by atoms with van der Waals surface area (Å²) in [6.45, 7) is 2.85. The fourth-order valence-corrected chi connectivity index (χ4v) is 13.6. The van der Waals surface area contributed by atoms with Crippen LogP contribution in [0.25, 0.3) is 21.7 Å². The molecule has 11 aromatic rings. The van der Waals surface area contributed by atoms with E-state index in [2.05, 4.69) is 14.9 Å². The molecule has 4 saturated heterocycles. The predicted molar refractivity (Wildman–Crippen MR) is 446 cm³/mol. The fraction of sp³-hybridized carbons (Fsp3) is 0.212. The topological polar surface area (TPSA) is 432 Å². The Balaban J connectivity index is 0.000000307. The number of amides is 4. The second kappa shape index (κ2) is 48.4. The van der Waals surface area contributed by atoms with Crippen LogP contribution in [0.3, 0.4) is 0 Å². The van der Waals surface area contributed by atoms with E-state index >= 15 is 0 Å². The van der Waals surface area contributed by atoms with E-state index in [1.165, 1.54) is 65.1 Å². The number of benzene rings is 8. The van der Waals surface area contributed by atoms with Gasteiger partial charge in [0.15, 0.2) is 6.29 Å². The van der Waals surface area contributed by atoms with Gasteiger partial charge in [-0.2, -0.15) is 0 Å². The third kappa shape index (κ3) is 29.2. The van der Waals surface area contributed by atoms with Crippen LogP contribution >= 0.6 is 57.5 Å². The summed E-state index contributed by atoms with van der Waals surface area (Å²) >= 11 is 19.8. The number of H-pyrrole nitrogens is 1. The van der Waals surface area contributed by atoms with Gasteiger partial charge in [-0.3, -0.25) is 59.1 Å². The van der Waals surface area contributed by atoms with Gasteiger partial charge in [-0.15, -0.1) is 22.7 Å². The minimum atomic E-state index is -0.568. The molecule has 4 aliphatic heterocycles. The number of aromatic hydroxyl groups is 1. The summed E-state index contributed by atoms with van der Waals surface area (Å²) in [4.78, 5) is 116. The van der Waals surface area contributed by atoms with E-state index in [1.807, 2.05) is 83.8 Å². The largest absolute Gasteiger partial charge is 1.00 e. The number of piperidine rings is 4. The number of phenols is 1. The Kier molecular flexibility index (Phi) is 39.9. The van der Waals surface area contributed by atoms with Crippen molar-refractivity contribution in [1.29, 1.82) is 0 Å². The molecule has 0 bridgehead atoms. The number of nitrogens with two attached hydrogens (primary N) is 3. The Morgan fingerprint density at radius 1 is 0.462 bits per heavy atom. The van der Waals surface area contributed by atoms with Crippen molar-refractivity contribution in [2.45, 2.75) is 84.5 Å². The molecule has 4 aliphatic rings. The van der Waals surface area contributed by atoms with Crippen LogP contribution < -0.4 is 159 Å². The number of thiophene rings is 2. The molecule has 604 valence electrons. The van der Waals surface area contributed by atoms with Gasteiger partial charge in [-0.05, 0) is 221 Å². The quantitative estimate of drug-likeness (QED) is 0.0150. The number of fused-ring (bicyclic) bond motifs is 1. The van der Waals surface area contributed by atoms with Crippen LogP contribution in [0.15, 0.2) is 194 Å². The molecule has 0 radical (unpaired) electrons. The number of halogens is 3. The molecule has 0 aliphatic carbocycles. The first-order chi connectivity index (χ1) is 54.9. The predicted octanol–water partition coefficient (Wildman–Crippen LogP) is 12.6. The first kappa shape index (κ1) is 96.4. The monoisotopic (exact) mass is 1740 g/mol. The van der Waals surface area contributed by atoms with Gasteiger partial charge in [0.25, 0.3) is 23.5 Å². The van der Waals surface area contributed by atoms with Crippen LogP contribution in [0, 0.1) is 30.3 Å². The Hall–Kier alpha value is -9.45. The summed E-state index contributed by atoms with van der Waals surface area (Å²) in [6, 6.07) is 54.3. The van der Waals surface area contributed by atoms with Crippen LogP contribution in [0.2, 0.25) is 13.7 Å². The zero-order chi connectivity index (χ0) is 81.8. The maximum Gasteiger partial charge on any atom is 1.00 e. The van der Waals surface area contributed by atoms with Crippen LogP contribution in [-0.2, 0) is 28.9 Å². The van der Waals surface area contributed by atoms with E-state index in [1.54, 1.807) is 87.5 Å². The normalized spacial score (nSPS) is 13.3. The summed E-state index contributed by atoms with van der Waals surface area (Å²) < 4.78 is 18.7. The van der Waals surface area contributed by atoms with Gasteiger partial charge in [0.05, 0.1) is 56.4 Å². The number of aromatic amines is 1. The number of nitrogens with one attached hydrogen (secondary N) is 1. The number of nitrogen functional groups attached to an aromatic ring is 3. The average molecular weight is 1750 g/mol. The third-order valence-corrected chi connectivity index (χ3v) is 19.8. The molecule has 3 aromatic heterocycles. The van der Waals surface area contributed by atoms with E-state index in [4.69, 9.17) is 81.4 Å². The van der Waals surface area contributed by atoms with Crippen molar-refractivity contribution in [3.8, 4) is 50.9 Å². The number of carbonyl (C=O) groups is 6. The number of ether oxygens (including phenoxy) is 3. The molecular weight excluding hydrogens is 1670 g/mol. The number of carbonyl (C=O) groups excluding carboxylic acids is 6. The van der Waals surface area contributed by atoms with E-state index in [0.29, 0.717) is 62.9 Å². The number of hydrogen-bond donors (Lipinski definition) is 5. The van der Waals surface area contributed by atoms with Gasteiger partial charge < -0.3 is 72.7 Å². The fourth-order valence-electron chi connectivity index (χ4n) is 11.6. The number of anilines is 7. The number of hydrogen-bond acceptors (Lipinski definition) is 24. The van der Waals surface area contributed by atoms with Crippen molar-refractivity contribution in [3.63, 3.8) is 0 Å². The molecule has 8 aromatic carbocycles. The minimum Gasteiger partial charge on any atom is -1.00 e. The zero-order valence-electron chi connectivity index (χ0n) is 63.6. The van der Waals surface area contributed by atoms with Crippen LogP contribution in [0.5, 0.6) is 40.2 Å². The molecule has 4 amide bonds. The molecule has 37 heteroatoms. The summed E-state index contributed by atoms with van der Waals surface area (Å²) in [5.41, 5.74) is 21.4. The van der Waals surface area contributed by atoms with E-state index in [9.17, 15) is 54.3 Å². The minimum absolute atomic E-state index is 0. The molecule has 8 N–H and O–H groups in total. The number of aldehydes is 1. The van der Waals surface area contributed by atoms with Gasteiger partial charge in [-0.25, -0.2) is 4.98 Å². The Bertz CT molecular complexity index is 5070. The second-order valence-corrected chi connectivity index (χ2v) is 28.9. The van der Waals surface area contributed by atoms with Crippen LogP contribution in [0.4, 0.5) is 56.9 Å². The van der Waals surface area contributed by atoms with Crippen LogP contribution in [0.1, 0.15) is 97.0 Å². The molecule has 7 heterocycles. The van der Waals surface area contributed by atoms with Gasteiger partial charge in [0.2, 0.25) is 23.6 Å². The molecular formula is C80H81Cl3K2N12O18S2. The van der Waals surface area contributed by atoms with Crippen molar-refractivity contribution < 1.29 is 179 Å². The van der Waals surface area contributed by atoms with Crippen molar-refractivity contribution in [3.05, 3.63) is 243 Å². The number of aromatic nitrogens is 2. The van der Waals surface area contributed by atoms with E-state index < -0.39 is 14.8 Å². The van der Waals surface area contributed by atoms with Crippen LogP contribution in [-0.4, -0.2) is 92.4 Å².